The van der Waals surface area contributed by atoms with Crippen molar-refractivity contribution >= 4 is 49.3 Å². The standard InChI is InChI=1S/C20H20N4O5S3/c1-13-10-22-20(31-13)23-19(25)18(24-29-12-17-21-7-9-30-17)14-2-4-15(5-3-14)32(26,27)16-6-8-28-11-16/h2-5,7,9-10,16H,6,8,11-12H2,1H3,(H,22,23,25)/t16-/m0/s1. The number of anilines is 1. The van der Waals surface area contributed by atoms with Crippen LogP contribution in [0.2, 0.25) is 0 Å². The molecule has 2 aromatic heterocycles. The van der Waals surface area contributed by atoms with Crippen molar-refractivity contribution in [3.8, 4) is 0 Å². The average molecular weight is 493 g/mol. The van der Waals surface area contributed by atoms with Crippen molar-refractivity contribution in [1.29, 1.82) is 0 Å². The molecule has 3 heterocycles. The van der Waals surface area contributed by atoms with Crippen molar-refractivity contribution in [3.05, 3.63) is 57.5 Å². The van der Waals surface area contributed by atoms with E-state index in [0.29, 0.717) is 28.7 Å². The Bertz CT molecular complexity index is 1200. The fourth-order valence-electron chi connectivity index (χ4n) is 3.02. The molecule has 32 heavy (non-hydrogen) atoms. The second kappa shape index (κ2) is 9.86. The third kappa shape index (κ3) is 5.21. The zero-order valence-corrected chi connectivity index (χ0v) is 19.5. The number of aromatic nitrogens is 2. The highest BCUT2D eigenvalue weighted by Gasteiger charge is 2.31. The first-order valence-electron chi connectivity index (χ1n) is 9.67. The van der Waals surface area contributed by atoms with Gasteiger partial charge in [-0.05, 0) is 25.5 Å². The van der Waals surface area contributed by atoms with Gasteiger partial charge in [-0.2, -0.15) is 0 Å². The Kier molecular flexibility index (Phi) is 6.94. The number of nitrogens with zero attached hydrogens (tertiary/aromatic N) is 3. The van der Waals surface area contributed by atoms with Crippen LogP contribution in [0.4, 0.5) is 5.13 Å². The molecule has 1 aliphatic rings. The van der Waals surface area contributed by atoms with Gasteiger partial charge in [-0.25, -0.2) is 18.4 Å². The predicted octanol–water partition coefficient (Wildman–Crippen LogP) is 3.03. The molecule has 1 saturated heterocycles. The number of ether oxygens (including phenoxy) is 1. The van der Waals surface area contributed by atoms with Crippen LogP contribution in [0.15, 0.2) is 52.1 Å². The zero-order chi connectivity index (χ0) is 22.6. The lowest BCUT2D eigenvalue weighted by molar-refractivity contribution is -0.110. The Hall–Kier alpha value is -2.67. The summed E-state index contributed by atoms with van der Waals surface area (Å²) in [6.45, 7) is 2.62. The number of aryl methyl sites for hydroxylation is 1. The van der Waals surface area contributed by atoms with Crippen molar-refractivity contribution in [3.63, 3.8) is 0 Å². The van der Waals surface area contributed by atoms with E-state index >= 15 is 0 Å². The van der Waals surface area contributed by atoms with Gasteiger partial charge in [0.2, 0.25) is 0 Å². The maximum atomic E-state index is 12.9. The number of thiazole rings is 2. The number of nitrogens with one attached hydrogen (secondary N) is 1. The van der Waals surface area contributed by atoms with Gasteiger partial charge in [-0.3, -0.25) is 10.1 Å². The van der Waals surface area contributed by atoms with Crippen LogP contribution in [0.5, 0.6) is 0 Å². The molecule has 1 aromatic carbocycles. The predicted molar refractivity (Wildman–Crippen MR) is 122 cm³/mol. The molecule has 12 heteroatoms. The maximum Gasteiger partial charge on any atom is 0.280 e. The zero-order valence-electron chi connectivity index (χ0n) is 17.1. The number of carbonyl (C=O) groups is 1. The number of sulfone groups is 1. The molecule has 3 aromatic rings. The van der Waals surface area contributed by atoms with Crippen LogP contribution in [-0.2, 0) is 30.8 Å². The van der Waals surface area contributed by atoms with Gasteiger partial charge in [0.05, 0.1) is 16.8 Å². The summed E-state index contributed by atoms with van der Waals surface area (Å²) >= 11 is 2.74. The smallest absolute Gasteiger partial charge is 0.280 e. The van der Waals surface area contributed by atoms with Crippen LogP contribution in [-0.4, -0.2) is 48.5 Å². The van der Waals surface area contributed by atoms with E-state index in [1.54, 1.807) is 24.5 Å². The lowest BCUT2D eigenvalue weighted by atomic mass is 10.1. The molecule has 0 radical (unpaired) electrons. The number of amides is 1. The highest BCUT2D eigenvalue weighted by atomic mass is 32.2. The highest BCUT2D eigenvalue weighted by Crippen LogP contribution is 2.23. The number of carbonyl (C=O) groups excluding carboxylic acids is 1. The third-order valence-electron chi connectivity index (χ3n) is 4.67. The molecular weight excluding hydrogens is 472 g/mol. The van der Waals surface area contributed by atoms with Gasteiger partial charge in [0.1, 0.15) is 5.01 Å². The lowest BCUT2D eigenvalue weighted by Gasteiger charge is -2.11. The van der Waals surface area contributed by atoms with Gasteiger partial charge >= 0.3 is 0 Å². The normalized spacial score (nSPS) is 16.8. The molecule has 0 unspecified atom stereocenters. The van der Waals surface area contributed by atoms with Crippen LogP contribution < -0.4 is 5.32 Å². The summed E-state index contributed by atoms with van der Waals surface area (Å²) in [5.74, 6) is -0.515. The first kappa shape index (κ1) is 22.5. The van der Waals surface area contributed by atoms with E-state index in [1.165, 1.54) is 34.8 Å². The van der Waals surface area contributed by atoms with Crippen molar-refractivity contribution in [1.82, 2.24) is 9.97 Å². The average Bonchev–Trinajstić information content (AvgIpc) is 3.55. The van der Waals surface area contributed by atoms with Crippen molar-refractivity contribution in [2.45, 2.75) is 30.1 Å². The quantitative estimate of drug-likeness (QED) is 0.379. The minimum Gasteiger partial charge on any atom is -0.388 e. The summed E-state index contributed by atoms with van der Waals surface area (Å²) in [5, 5.41) is 9.13. The first-order valence-corrected chi connectivity index (χ1v) is 12.9. The summed E-state index contributed by atoms with van der Waals surface area (Å²) in [5.41, 5.74) is 0.416. The van der Waals surface area contributed by atoms with Crippen molar-refractivity contribution in [2.75, 3.05) is 18.5 Å². The molecule has 1 N–H and O–H groups in total. The van der Waals surface area contributed by atoms with Crippen molar-refractivity contribution < 1.29 is 22.8 Å². The van der Waals surface area contributed by atoms with Crippen LogP contribution in [0.25, 0.3) is 0 Å². The molecule has 0 spiro atoms. The molecule has 1 aliphatic heterocycles. The van der Waals surface area contributed by atoms with E-state index in [2.05, 4.69) is 20.4 Å². The molecule has 9 nitrogen and oxygen atoms in total. The van der Waals surface area contributed by atoms with Crippen LogP contribution >= 0.6 is 22.7 Å². The Morgan fingerprint density at radius 3 is 2.75 bits per heavy atom. The number of benzene rings is 1. The molecular formula is C20H20N4O5S3. The fraction of sp³-hybridized carbons (Fsp3) is 0.300. The van der Waals surface area contributed by atoms with E-state index in [0.717, 1.165) is 4.88 Å². The summed E-state index contributed by atoms with van der Waals surface area (Å²) in [4.78, 5) is 27.6. The van der Waals surface area contributed by atoms with Crippen LogP contribution in [0.1, 0.15) is 21.9 Å². The number of oxime groups is 1. The Labute approximate surface area is 193 Å². The van der Waals surface area contributed by atoms with Gasteiger partial charge < -0.3 is 9.57 Å². The molecule has 4 rings (SSSR count). The van der Waals surface area contributed by atoms with Crippen LogP contribution in [0.3, 0.4) is 0 Å². The SMILES string of the molecule is Cc1cnc(NC(=O)C(=NOCc2nccs2)c2ccc(S(=O)(=O)[C@H]3CCOC3)cc2)s1. The van der Waals surface area contributed by atoms with Gasteiger partial charge in [0.15, 0.2) is 27.3 Å². The minimum atomic E-state index is -3.51. The highest BCUT2D eigenvalue weighted by molar-refractivity contribution is 7.92. The molecule has 1 fully saturated rings. The van der Waals surface area contributed by atoms with E-state index in [9.17, 15) is 13.2 Å². The number of hydrogen-bond acceptors (Lipinski definition) is 10. The molecule has 0 saturated carbocycles. The van der Waals surface area contributed by atoms with Gasteiger partial charge in [-0.15, -0.1) is 22.7 Å². The molecule has 0 aliphatic carbocycles. The van der Waals surface area contributed by atoms with Gasteiger partial charge in [0, 0.05) is 34.8 Å². The number of rotatable bonds is 8. The van der Waals surface area contributed by atoms with Crippen molar-refractivity contribution in [2.24, 2.45) is 5.16 Å². The monoisotopic (exact) mass is 492 g/mol. The first-order chi connectivity index (χ1) is 15.4. The second-order valence-electron chi connectivity index (χ2n) is 6.92. The summed E-state index contributed by atoms with van der Waals surface area (Å²) in [7, 11) is -3.51. The topological polar surface area (TPSA) is 120 Å². The minimum absolute atomic E-state index is 0.00237. The van der Waals surface area contributed by atoms with Gasteiger partial charge in [-0.1, -0.05) is 17.3 Å². The maximum absolute atomic E-state index is 12.9. The number of hydrogen-bond donors (Lipinski definition) is 1. The van der Waals surface area contributed by atoms with E-state index < -0.39 is 21.0 Å². The Balaban J connectivity index is 1.57. The summed E-state index contributed by atoms with van der Waals surface area (Å²) in [6.07, 6.45) is 3.78. The summed E-state index contributed by atoms with van der Waals surface area (Å²) in [6, 6.07) is 6.03. The van der Waals surface area contributed by atoms with E-state index in [1.807, 2.05) is 12.3 Å². The lowest BCUT2D eigenvalue weighted by Crippen LogP contribution is -2.25. The summed E-state index contributed by atoms with van der Waals surface area (Å²) < 4.78 is 30.8. The van der Waals surface area contributed by atoms with Gasteiger partial charge in [0.25, 0.3) is 5.91 Å². The Morgan fingerprint density at radius 2 is 2.12 bits per heavy atom. The second-order valence-corrected chi connectivity index (χ2v) is 11.4. The largest absolute Gasteiger partial charge is 0.388 e. The van der Waals surface area contributed by atoms with Crippen LogP contribution in [0, 0.1) is 6.92 Å². The van der Waals surface area contributed by atoms with E-state index in [-0.39, 0.29) is 23.8 Å². The third-order valence-corrected chi connectivity index (χ3v) is 8.43. The fourth-order valence-corrected chi connectivity index (χ4v) is 5.79. The van der Waals surface area contributed by atoms with E-state index in [4.69, 9.17) is 9.57 Å². The molecule has 1 amide bonds. The molecule has 0 bridgehead atoms. The Morgan fingerprint density at radius 1 is 1.31 bits per heavy atom. The molecule has 1 atom stereocenters. The molecule has 168 valence electrons.